The van der Waals surface area contributed by atoms with Gasteiger partial charge < -0.3 is 20.2 Å². The summed E-state index contributed by atoms with van der Waals surface area (Å²) in [7, 11) is 0. The van der Waals surface area contributed by atoms with Crippen LogP contribution >= 0.6 is 0 Å². The molecule has 1 saturated heterocycles. The fraction of sp³-hybridized carbons (Fsp3) is 0.316. The monoisotopic (exact) mass is 379 g/mol. The average molecular weight is 379 g/mol. The number of nitrogens with zero attached hydrogens (tertiary/aromatic N) is 2. The van der Waals surface area contributed by atoms with Gasteiger partial charge in [0.15, 0.2) is 0 Å². The van der Waals surface area contributed by atoms with Gasteiger partial charge in [-0.25, -0.2) is 4.79 Å². The van der Waals surface area contributed by atoms with E-state index < -0.39 is 11.7 Å². The Morgan fingerprint density at radius 2 is 1.74 bits per heavy atom. The van der Waals surface area contributed by atoms with Crippen molar-refractivity contribution in [2.45, 2.75) is 12.7 Å². The molecule has 3 rings (SSSR count). The highest BCUT2D eigenvalue weighted by atomic mass is 19.4. The van der Waals surface area contributed by atoms with Crippen LogP contribution in [0.15, 0.2) is 48.5 Å². The Morgan fingerprint density at radius 1 is 1.04 bits per heavy atom. The third-order valence-electron chi connectivity index (χ3n) is 4.49. The van der Waals surface area contributed by atoms with Crippen LogP contribution in [0.25, 0.3) is 0 Å². The summed E-state index contributed by atoms with van der Waals surface area (Å²) < 4.78 is 38.2. The number of phenols is 1. The molecular formula is C19H20F3N3O2. The van der Waals surface area contributed by atoms with Crippen LogP contribution in [0.3, 0.4) is 0 Å². The van der Waals surface area contributed by atoms with E-state index in [1.165, 1.54) is 6.07 Å². The Hall–Kier alpha value is -2.90. The Morgan fingerprint density at radius 3 is 2.41 bits per heavy atom. The summed E-state index contributed by atoms with van der Waals surface area (Å²) in [4.78, 5) is 15.9. The van der Waals surface area contributed by atoms with Gasteiger partial charge in [0.25, 0.3) is 0 Å². The molecule has 0 aliphatic carbocycles. The lowest BCUT2D eigenvalue weighted by Crippen LogP contribution is -2.51. The predicted octanol–water partition coefficient (Wildman–Crippen LogP) is 3.44. The lowest BCUT2D eigenvalue weighted by Gasteiger charge is -2.36. The number of aromatic hydroxyl groups is 1. The number of para-hydroxylation sites is 2. The molecule has 0 saturated carbocycles. The molecule has 1 aliphatic rings. The van der Waals surface area contributed by atoms with Crippen molar-refractivity contribution in [1.29, 1.82) is 0 Å². The number of carbonyl (C=O) groups excluding carboxylic acids is 1. The molecule has 2 amide bonds. The second-order valence-corrected chi connectivity index (χ2v) is 6.32. The van der Waals surface area contributed by atoms with E-state index in [9.17, 15) is 23.1 Å². The first-order valence-electron chi connectivity index (χ1n) is 8.56. The van der Waals surface area contributed by atoms with Crippen LogP contribution in [0, 0.1) is 0 Å². The van der Waals surface area contributed by atoms with E-state index in [0.717, 1.165) is 17.8 Å². The summed E-state index contributed by atoms with van der Waals surface area (Å²) >= 11 is 0. The first-order valence-corrected chi connectivity index (χ1v) is 8.56. The summed E-state index contributed by atoms with van der Waals surface area (Å²) in [6.07, 6.45) is -4.40. The van der Waals surface area contributed by atoms with Crippen molar-refractivity contribution >= 4 is 11.7 Å². The number of amides is 2. The fourth-order valence-corrected chi connectivity index (χ4v) is 3.03. The van der Waals surface area contributed by atoms with E-state index in [1.807, 2.05) is 17.0 Å². The molecule has 1 aliphatic heterocycles. The van der Waals surface area contributed by atoms with E-state index in [-0.39, 0.29) is 18.3 Å². The van der Waals surface area contributed by atoms with E-state index >= 15 is 0 Å². The zero-order chi connectivity index (χ0) is 19.4. The summed E-state index contributed by atoms with van der Waals surface area (Å²) in [5, 5.41) is 12.6. The quantitative estimate of drug-likeness (QED) is 0.859. The predicted molar refractivity (Wildman–Crippen MR) is 95.6 cm³/mol. The maximum atomic E-state index is 12.7. The van der Waals surface area contributed by atoms with Crippen molar-refractivity contribution in [3.05, 3.63) is 59.7 Å². The first-order chi connectivity index (χ1) is 12.8. The normalized spacial score (nSPS) is 14.9. The maximum absolute atomic E-state index is 12.7. The number of anilines is 1. The molecule has 2 N–H and O–H groups in total. The number of hydrogen-bond donors (Lipinski definition) is 2. The Labute approximate surface area is 155 Å². The topological polar surface area (TPSA) is 55.8 Å². The molecule has 144 valence electrons. The van der Waals surface area contributed by atoms with Crippen LogP contribution in [0.2, 0.25) is 0 Å². The minimum Gasteiger partial charge on any atom is -0.506 e. The van der Waals surface area contributed by atoms with Crippen LogP contribution in [-0.2, 0) is 12.7 Å². The number of phenolic OH excluding ortho intramolecular Hbond substituents is 1. The molecule has 5 nitrogen and oxygen atoms in total. The van der Waals surface area contributed by atoms with E-state index in [4.69, 9.17) is 0 Å². The molecule has 8 heteroatoms. The zero-order valence-electron chi connectivity index (χ0n) is 14.5. The van der Waals surface area contributed by atoms with Gasteiger partial charge in [0.05, 0.1) is 11.3 Å². The number of carbonyl (C=O) groups is 1. The van der Waals surface area contributed by atoms with E-state index in [2.05, 4.69) is 5.32 Å². The highest BCUT2D eigenvalue weighted by Gasteiger charge is 2.30. The van der Waals surface area contributed by atoms with Gasteiger partial charge in [-0.1, -0.05) is 24.3 Å². The standard InChI is InChI=1S/C19H20F3N3O2/c20-19(21,22)15-5-3-4-14(12-15)13-23-18(27)25-10-8-24(9-11-25)16-6-1-2-7-17(16)26/h1-7,12,26H,8-11,13H2,(H,23,27). The number of hydrogen-bond acceptors (Lipinski definition) is 3. The fourth-order valence-electron chi connectivity index (χ4n) is 3.03. The van der Waals surface area contributed by atoms with Crippen LogP contribution in [0.1, 0.15) is 11.1 Å². The molecule has 0 atom stereocenters. The van der Waals surface area contributed by atoms with Gasteiger partial charge >= 0.3 is 12.2 Å². The molecule has 1 heterocycles. The van der Waals surface area contributed by atoms with E-state index in [1.54, 1.807) is 23.1 Å². The van der Waals surface area contributed by atoms with Crippen molar-refractivity contribution in [3.63, 3.8) is 0 Å². The van der Waals surface area contributed by atoms with Gasteiger partial charge in [0.1, 0.15) is 5.75 Å². The molecule has 2 aromatic rings. The van der Waals surface area contributed by atoms with Gasteiger partial charge in [-0.2, -0.15) is 13.2 Å². The molecule has 0 unspecified atom stereocenters. The highest BCUT2D eigenvalue weighted by molar-refractivity contribution is 5.74. The van der Waals surface area contributed by atoms with Gasteiger partial charge in [-0.05, 0) is 29.8 Å². The number of nitrogens with one attached hydrogen (secondary N) is 1. The van der Waals surface area contributed by atoms with Crippen molar-refractivity contribution < 1.29 is 23.1 Å². The molecule has 2 aromatic carbocycles. The van der Waals surface area contributed by atoms with Crippen LogP contribution in [0.5, 0.6) is 5.75 Å². The Bertz CT molecular complexity index is 803. The highest BCUT2D eigenvalue weighted by Crippen LogP contribution is 2.29. The lowest BCUT2D eigenvalue weighted by atomic mass is 10.1. The van der Waals surface area contributed by atoms with Gasteiger partial charge in [0, 0.05) is 32.7 Å². The SMILES string of the molecule is O=C(NCc1cccc(C(F)(F)F)c1)N1CCN(c2ccccc2O)CC1. The second-order valence-electron chi connectivity index (χ2n) is 6.32. The van der Waals surface area contributed by atoms with E-state index in [0.29, 0.717) is 31.7 Å². The number of benzene rings is 2. The molecular weight excluding hydrogens is 359 g/mol. The molecule has 0 bridgehead atoms. The minimum absolute atomic E-state index is 0.0302. The van der Waals surface area contributed by atoms with Gasteiger partial charge in [-0.15, -0.1) is 0 Å². The number of alkyl halides is 3. The Balaban J connectivity index is 1.52. The smallest absolute Gasteiger partial charge is 0.416 e. The Kier molecular flexibility index (Phi) is 5.43. The summed E-state index contributed by atoms with van der Waals surface area (Å²) in [5.74, 6) is 0.194. The average Bonchev–Trinajstić information content (AvgIpc) is 2.66. The number of piperazine rings is 1. The summed E-state index contributed by atoms with van der Waals surface area (Å²) in [5.41, 5.74) is 0.387. The minimum atomic E-state index is -4.40. The largest absolute Gasteiger partial charge is 0.506 e. The third-order valence-corrected chi connectivity index (χ3v) is 4.49. The number of rotatable bonds is 3. The number of urea groups is 1. The van der Waals surface area contributed by atoms with Crippen molar-refractivity contribution in [3.8, 4) is 5.75 Å². The molecule has 1 fully saturated rings. The maximum Gasteiger partial charge on any atom is 0.416 e. The molecule has 0 spiro atoms. The van der Waals surface area contributed by atoms with Gasteiger partial charge in [0.2, 0.25) is 0 Å². The molecule has 0 radical (unpaired) electrons. The van der Waals surface area contributed by atoms with Crippen molar-refractivity contribution in [2.24, 2.45) is 0 Å². The van der Waals surface area contributed by atoms with Crippen molar-refractivity contribution in [1.82, 2.24) is 10.2 Å². The van der Waals surface area contributed by atoms with Crippen molar-refractivity contribution in [2.75, 3.05) is 31.1 Å². The second kappa shape index (κ2) is 7.77. The van der Waals surface area contributed by atoms with Crippen LogP contribution < -0.4 is 10.2 Å². The third kappa shape index (κ3) is 4.64. The van der Waals surface area contributed by atoms with Gasteiger partial charge in [-0.3, -0.25) is 0 Å². The summed E-state index contributed by atoms with van der Waals surface area (Å²) in [6.45, 7) is 2.08. The molecule has 27 heavy (non-hydrogen) atoms. The van der Waals surface area contributed by atoms with Crippen LogP contribution in [-0.4, -0.2) is 42.2 Å². The first kappa shape index (κ1) is 18.9. The zero-order valence-corrected chi connectivity index (χ0v) is 14.5. The van der Waals surface area contributed by atoms with Crippen LogP contribution in [0.4, 0.5) is 23.7 Å². The lowest BCUT2D eigenvalue weighted by molar-refractivity contribution is -0.137. The summed E-state index contributed by atoms with van der Waals surface area (Å²) in [6, 6.07) is 11.6. The number of halogens is 3. The molecule has 0 aromatic heterocycles.